The summed E-state index contributed by atoms with van der Waals surface area (Å²) in [5.41, 5.74) is 3.68. The van der Waals surface area contributed by atoms with Crippen LogP contribution in [0, 0.1) is 5.82 Å². The molecule has 10 heteroatoms. The number of nitrogens with zero attached hydrogens (tertiary/aromatic N) is 1. The van der Waals surface area contributed by atoms with Crippen LogP contribution in [0.5, 0.6) is 11.5 Å². The van der Waals surface area contributed by atoms with Crippen LogP contribution in [-0.4, -0.2) is 31.4 Å². The van der Waals surface area contributed by atoms with Crippen molar-refractivity contribution < 1.29 is 28.2 Å². The molecule has 178 valence electrons. The first kappa shape index (κ1) is 24.0. The second-order valence-electron chi connectivity index (χ2n) is 7.35. The molecular weight excluding hydrogens is 521 g/mol. The lowest BCUT2D eigenvalue weighted by Crippen LogP contribution is -2.35. The van der Waals surface area contributed by atoms with Gasteiger partial charge in [-0.3, -0.25) is 19.8 Å². The Morgan fingerprint density at radius 2 is 1.83 bits per heavy atom. The number of benzene rings is 3. The van der Waals surface area contributed by atoms with Crippen LogP contribution < -0.4 is 25.2 Å². The van der Waals surface area contributed by atoms with Crippen molar-refractivity contribution in [1.29, 1.82) is 0 Å². The third kappa shape index (κ3) is 5.49. The highest BCUT2D eigenvalue weighted by molar-refractivity contribution is 9.10. The monoisotopic (exact) mass is 539 g/mol. The van der Waals surface area contributed by atoms with Gasteiger partial charge in [0.2, 0.25) is 0 Å². The van der Waals surface area contributed by atoms with Gasteiger partial charge in [0.05, 0.1) is 12.8 Å². The zero-order chi connectivity index (χ0) is 24.9. The van der Waals surface area contributed by atoms with Crippen molar-refractivity contribution in [1.82, 2.24) is 5.43 Å². The molecule has 1 heterocycles. The molecule has 0 saturated carbocycles. The first-order valence-corrected chi connectivity index (χ1v) is 11.1. The average Bonchev–Trinajstić information content (AvgIpc) is 3.13. The van der Waals surface area contributed by atoms with Crippen molar-refractivity contribution in [3.8, 4) is 11.5 Å². The van der Waals surface area contributed by atoms with E-state index >= 15 is 0 Å². The van der Waals surface area contributed by atoms with Crippen LogP contribution >= 0.6 is 15.9 Å². The maximum atomic E-state index is 13.1. The Hall–Kier alpha value is -4.18. The predicted octanol–water partition coefficient (Wildman–Crippen LogP) is 4.08. The number of carbonyl (C=O) groups is 3. The topological polar surface area (TPSA) is 97.0 Å². The van der Waals surface area contributed by atoms with Crippen molar-refractivity contribution in [3.63, 3.8) is 0 Å². The van der Waals surface area contributed by atoms with Crippen molar-refractivity contribution >= 4 is 51.1 Å². The van der Waals surface area contributed by atoms with Gasteiger partial charge in [0.15, 0.2) is 18.1 Å². The van der Waals surface area contributed by atoms with Crippen LogP contribution in [0.2, 0.25) is 0 Å². The molecule has 3 aromatic carbocycles. The molecule has 0 unspecified atom stereocenters. The van der Waals surface area contributed by atoms with E-state index in [9.17, 15) is 18.8 Å². The van der Waals surface area contributed by atoms with Gasteiger partial charge in [-0.15, -0.1) is 0 Å². The molecule has 0 radical (unpaired) electrons. The van der Waals surface area contributed by atoms with E-state index in [-0.39, 0.29) is 17.1 Å². The van der Waals surface area contributed by atoms with E-state index in [4.69, 9.17) is 9.47 Å². The van der Waals surface area contributed by atoms with Crippen LogP contribution in [0.4, 0.5) is 15.8 Å². The minimum atomic E-state index is -0.585. The molecule has 1 aliphatic heterocycles. The molecule has 0 atom stereocenters. The predicted molar refractivity (Wildman–Crippen MR) is 131 cm³/mol. The molecule has 3 aromatic rings. The standard InChI is InChI=1S/C25H19BrFN3O5/c1-34-21-13-16(26)11-15(23(21)35-14-22(31)28-18-9-7-17(27)8-10-18)12-20-24(32)29-30(25(20)33)19-5-3-2-4-6-19/h2-13H,14H2,1H3,(H,28,31)(H,29,32)/b20-12-. The summed E-state index contributed by atoms with van der Waals surface area (Å²) < 4.78 is 24.8. The summed E-state index contributed by atoms with van der Waals surface area (Å²) in [5, 5.41) is 3.75. The number of rotatable bonds is 7. The number of hydrazine groups is 1. The number of para-hydroxylation sites is 1. The summed E-state index contributed by atoms with van der Waals surface area (Å²) in [4.78, 5) is 37.9. The summed E-state index contributed by atoms with van der Waals surface area (Å²) in [6.45, 7) is -0.401. The summed E-state index contributed by atoms with van der Waals surface area (Å²) >= 11 is 3.38. The minimum absolute atomic E-state index is 0.116. The Bertz CT molecular complexity index is 1310. The third-order valence-electron chi connectivity index (χ3n) is 4.95. The van der Waals surface area contributed by atoms with Crippen molar-refractivity contribution in [3.05, 3.63) is 88.2 Å². The van der Waals surface area contributed by atoms with Gasteiger partial charge in [-0.25, -0.2) is 9.40 Å². The number of amides is 3. The largest absolute Gasteiger partial charge is 0.493 e. The van der Waals surface area contributed by atoms with E-state index in [1.807, 2.05) is 0 Å². The Morgan fingerprint density at radius 3 is 2.51 bits per heavy atom. The van der Waals surface area contributed by atoms with Gasteiger partial charge in [0.1, 0.15) is 11.4 Å². The fourth-order valence-electron chi connectivity index (χ4n) is 3.34. The second-order valence-corrected chi connectivity index (χ2v) is 8.26. The first-order chi connectivity index (χ1) is 16.9. The zero-order valence-corrected chi connectivity index (χ0v) is 20.0. The van der Waals surface area contributed by atoms with E-state index in [0.717, 1.165) is 5.01 Å². The number of hydrogen-bond acceptors (Lipinski definition) is 5. The normalized spacial score (nSPS) is 14.1. The molecular formula is C25H19BrFN3O5. The lowest BCUT2D eigenvalue weighted by Gasteiger charge is -2.15. The van der Waals surface area contributed by atoms with Crippen LogP contribution in [0.3, 0.4) is 0 Å². The van der Waals surface area contributed by atoms with Gasteiger partial charge in [-0.05, 0) is 54.6 Å². The van der Waals surface area contributed by atoms with Gasteiger partial charge in [-0.2, -0.15) is 0 Å². The molecule has 2 N–H and O–H groups in total. The quantitative estimate of drug-likeness (QED) is 0.348. The molecule has 1 fully saturated rings. The van der Waals surface area contributed by atoms with Gasteiger partial charge < -0.3 is 14.8 Å². The molecule has 8 nitrogen and oxygen atoms in total. The first-order valence-electron chi connectivity index (χ1n) is 10.3. The number of ether oxygens (including phenoxy) is 2. The molecule has 0 spiro atoms. The maximum Gasteiger partial charge on any atom is 0.282 e. The number of carbonyl (C=O) groups excluding carboxylic acids is 3. The molecule has 35 heavy (non-hydrogen) atoms. The third-order valence-corrected chi connectivity index (χ3v) is 5.41. The highest BCUT2D eigenvalue weighted by Crippen LogP contribution is 2.37. The smallest absolute Gasteiger partial charge is 0.282 e. The number of nitrogens with one attached hydrogen (secondary N) is 2. The molecule has 0 aromatic heterocycles. The Kier molecular flexibility index (Phi) is 7.11. The fraction of sp³-hybridized carbons (Fsp3) is 0.0800. The molecule has 3 amide bonds. The van der Waals surface area contributed by atoms with Gasteiger partial charge in [-0.1, -0.05) is 34.1 Å². The fourth-order valence-corrected chi connectivity index (χ4v) is 3.80. The van der Waals surface area contributed by atoms with Crippen LogP contribution in [0.1, 0.15) is 5.56 Å². The van der Waals surface area contributed by atoms with Gasteiger partial charge >= 0.3 is 0 Å². The van der Waals surface area contributed by atoms with E-state index < -0.39 is 30.1 Å². The van der Waals surface area contributed by atoms with Crippen molar-refractivity contribution in [2.75, 3.05) is 24.0 Å². The summed E-state index contributed by atoms with van der Waals surface area (Å²) in [5.74, 6) is -1.60. The van der Waals surface area contributed by atoms with Crippen LogP contribution in [0.15, 0.2) is 76.8 Å². The van der Waals surface area contributed by atoms with E-state index in [1.54, 1.807) is 42.5 Å². The highest BCUT2D eigenvalue weighted by atomic mass is 79.9. The SMILES string of the molecule is COc1cc(Br)cc(/C=C2/C(=O)NN(c3ccccc3)C2=O)c1OCC(=O)Nc1ccc(F)cc1. The number of methoxy groups -OCH3 is 1. The molecule has 4 rings (SSSR count). The maximum absolute atomic E-state index is 13.1. The van der Waals surface area contributed by atoms with E-state index in [1.165, 1.54) is 37.5 Å². The van der Waals surface area contributed by atoms with E-state index in [2.05, 4.69) is 26.7 Å². The molecule has 0 aliphatic carbocycles. The molecule has 1 saturated heterocycles. The van der Waals surface area contributed by atoms with Gasteiger partial charge in [0, 0.05) is 15.7 Å². The Balaban J connectivity index is 1.59. The number of halogens is 2. The lowest BCUT2D eigenvalue weighted by molar-refractivity contribution is -0.118. The summed E-state index contributed by atoms with van der Waals surface area (Å²) in [6.07, 6.45) is 1.38. The average molecular weight is 540 g/mol. The molecule has 1 aliphatic rings. The minimum Gasteiger partial charge on any atom is -0.493 e. The Labute approximate surface area is 208 Å². The second kappa shape index (κ2) is 10.4. The van der Waals surface area contributed by atoms with Crippen molar-refractivity contribution in [2.45, 2.75) is 0 Å². The highest BCUT2D eigenvalue weighted by Gasteiger charge is 2.34. The summed E-state index contributed by atoms with van der Waals surface area (Å²) in [7, 11) is 1.43. The molecule has 0 bridgehead atoms. The zero-order valence-electron chi connectivity index (χ0n) is 18.4. The van der Waals surface area contributed by atoms with E-state index in [0.29, 0.717) is 21.4 Å². The lowest BCUT2D eigenvalue weighted by atomic mass is 10.1. The van der Waals surface area contributed by atoms with Gasteiger partial charge in [0.25, 0.3) is 17.7 Å². The van der Waals surface area contributed by atoms with Crippen LogP contribution in [-0.2, 0) is 14.4 Å². The summed E-state index contributed by atoms with van der Waals surface area (Å²) in [6, 6.07) is 17.2. The van der Waals surface area contributed by atoms with Crippen molar-refractivity contribution in [2.24, 2.45) is 0 Å². The van der Waals surface area contributed by atoms with Crippen LogP contribution in [0.25, 0.3) is 6.08 Å². The Morgan fingerprint density at radius 1 is 1.11 bits per heavy atom. The number of anilines is 2. The number of hydrogen-bond donors (Lipinski definition) is 2.